The predicted molar refractivity (Wildman–Crippen MR) is 96.6 cm³/mol. The Morgan fingerprint density at radius 1 is 1.35 bits per heavy atom. The summed E-state index contributed by atoms with van der Waals surface area (Å²) < 4.78 is 18.2. The number of benzene rings is 1. The first-order valence-electron chi connectivity index (χ1n) is 7.82. The van der Waals surface area contributed by atoms with E-state index in [1.807, 2.05) is 0 Å². The van der Waals surface area contributed by atoms with Crippen LogP contribution in [0.2, 0.25) is 0 Å². The standard InChI is InChI=1S/C18H16FN3O3S/c1-25-17(24)14-8-12(9-20-14)15-10-26-18(21-15)22-16(23)7-6-11-4-2-3-5-13(11)19/h2-5,8-10,20H,6-7H2,1H3,(H,21,22,23). The summed E-state index contributed by atoms with van der Waals surface area (Å²) in [5.74, 6) is -1.02. The van der Waals surface area contributed by atoms with E-state index in [0.29, 0.717) is 34.1 Å². The number of nitrogens with one attached hydrogen (secondary N) is 2. The average molecular weight is 373 g/mol. The maximum atomic E-state index is 13.6. The number of methoxy groups -OCH3 is 1. The molecule has 0 radical (unpaired) electrons. The minimum absolute atomic E-state index is 0.159. The maximum absolute atomic E-state index is 13.6. The molecule has 8 heteroatoms. The molecule has 0 saturated heterocycles. The zero-order valence-corrected chi connectivity index (χ0v) is 14.7. The van der Waals surface area contributed by atoms with E-state index < -0.39 is 5.97 Å². The van der Waals surface area contributed by atoms with Gasteiger partial charge in [-0.05, 0) is 24.1 Å². The summed E-state index contributed by atoms with van der Waals surface area (Å²) in [6.07, 6.45) is 2.12. The van der Waals surface area contributed by atoms with E-state index in [4.69, 9.17) is 0 Å². The first-order valence-corrected chi connectivity index (χ1v) is 8.70. The fourth-order valence-corrected chi connectivity index (χ4v) is 3.10. The molecule has 2 N–H and O–H groups in total. The maximum Gasteiger partial charge on any atom is 0.354 e. The molecular formula is C18H16FN3O3S. The van der Waals surface area contributed by atoms with Crippen molar-refractivity contribution in [1.82, 2.24) is 9.97 Å². The molecule has 26 heavy (non-hydrogen) atoms. The number of nitrogens with zero attached hydrogens (tertiary/aromatic N) is 1. The van der Waals surface area contributed by atoms with E-state index in [9.17, 15) is 14.0 Å². The number of anilines is 1. The summed E-state index contributed by atoms with van der Waals surface area (Å²) in [5, 5.41) is 4.93. The molecule has 2 aromatic heterocycles. The van der Waals surface area contributed by atoms with Crippen LogP contribution in [-0.4, -0.2) is 29.0 Å². The summed E-state index contributed by atoms with van der Waals surface area (Å²) in [4.78, 5) is 30.7. The van der Waals surface area contributed by atoms with Crippen molar-refractivity contribution >= 4 is 28.3 Å². The van der Waals surface area contributed by atoms with E-state index in [1.54, 1.807) is 35.8 Å². The normalized spacial score (nSPS) is 10.5. The van der Waals surface area contributed by atoms with Crippen LogP contribution in [0.25, 0.3) is 11.3 Å². The van der Waals surface area contributed by atoms with Gasteiger partial charge in [-0.25, -0.2) is 14.2 Å². The second kappa shape index (κ2) is 7.92. The van der Waals surface area contributed by atoms with Gasteiger partial charge >= 0.3 is 5.97 Å². The van der Waals surface area contributed by atoms with Crippen molar-refractivity contribution in [2.24, 2.45) is 0 Å². The molecule has 0 aliphatic rings. The van der Waals surface area contributed by atoms with Crippen molar-refractivity contribution < 1.29 is 18.7 Å². The lowest BCUT2D eigenvalue weighted by atomic mass is 10.1. The molecule has 0 fully saturated rings. The highest BCUT2D eigenvalue weighted by molar-refractivity contribution is 7.14. The lowest BCUT2D eigenvalue weighted by Gasteiger charge is -2.03. The SMILES string of the molecule is COC(=O)c1cc(-c2csc(NC(=O)CCc3ccccc3F)n2)c[nH]1. The summed E-state index contributed by atoms with van der Waals surface area (Å²) in [5.41, 5.74) is 2.18. The Balaban J connectivity index is 1.59. The van der Waals surface area contributed by atoms with Gasteiger partial charge in [0.1, 0.15) is 11.5 Å². The molecule has 2 heterocycles. The van der Waals surface area contributed by atoms with Crippen molar-refractivity contribution in [1.29, 1.82) is 0 Å². The van der Waals surface area contributed by atoms with Crippen molar-refractivity contribution in [3.63, 3.8) is 0 Å². The van der Waals surface area contributed by atoms with Crippen LogP contribution < -0.4 is 5.32 Å². The zero-order chi connectivity index (χ0) is 18.5. The van der Waals surface area contributed by atoms with Gasteiger partial charge in [0.15, 0.2) is 5.13 Å². The van der Waals surface area contributed by atoms with Crippen molar-refractivity contribution in [2.75, 3.05) is 12.4 Å². The van der Waals surface area contributed by atoms with Gasteiger partial charge in [-0.15, -0.1) is 11.3 Å². The Morgan fingerprint density at radius 3 is 2.92 bits per heavy atom. The quantitative estimate of drug-likeness (QED) is 0.646. The number of hydrogen-bond donors (Lipinski definition) is 2. The molecule has 0 bridgehead atoms. The summed E-state index contributed by atoms with van der Waals surface area (Å²) in [7, 11) is 1.31. The fourth-order valence-electron chi connectivity index (χ4n) is 2.36. The Bertz CT molecular complexity index is 935. The molecule has 1 aromatic carbocycles. The van der Waals surface area contributed by atoms with Gasteiger partial charge in [-0.3, -0.25) is 4.79 Å². The van der Waals surface area contributed by atoms with E-state index in [1.165, 1.54) is 24.5 Å². The van der Waals surface area contributed by atoms with Gasteiger partial charge < -0.3 is 15.0 Å². The van der Waals surface area contributed by atoms with Crippen LogP contribution in [0.3, 0.4) is 0 Å². The highest BCUT2D eigenvalue weighted by atomic mass is 32.1. The number of esters is 1. The summed E-state index contributed by atoms with van der Waals surface area (Å²) >= 11 is 1.27. The van der Waals surface area contributed by atoms with Gasteiger partial charge in [0.2, 0.25) is 5.91 Å². The molecule has 1 amide bonds. The molecule has 0 aliphatic carbocycles. The largest absolute Gasteiger partial charge is 0.464 e. The lowest BCUT2D eigenvalue weighted by Crippen LogP contribution is -2.12. The monoisotopic (exact) mass is 373 g/mol. The van der Waals surface area contributed by atoms with Crippen LogP contribution in [0.1, 0.15) is 22.5 Å². The van der Waals surface area contributed by atoms with Crippen LogP contribution in [0.4, 0.5) is 9.52 Å². The summed E-state index contributed by atoms with van der Waals surface area (Å²) in [6.45, 7) is 0. The number of carbonyl (C=O) groups excluding carboxylic acids is 2. The van der Waals surface area contributed by atoms with Gasteiger partial charge in [0.05, 0.1) is 12.8 Å². The highest BCUT2D eigenvalue weighted by Gasteiger charge is 2.13. The number of aromatic amines is 1. The second-order valence-electron chi connectivity index (χ2n) is 5.47. The average Bonchev–Trinajstić information content (AvgIpc) is 3.29. The molecule has 134 valence electrons. The molecule has 0 unspecified atom stereocenters. The number of aryl methyl sites for hydroxylation is 1. The van der Waals surface area contributed by atoms with E-state index >= 15 is 0 Å². The third-order valence-corrected chi connectivity index (χ3v) is 4.47. The number of halogens is 1. The predicted octanol–water partition coefficient (Wildman–Crippen LogP) is 3.64. The third-order valence-electron chi connectivity index (χ3n) is 3.71. The molecule has 0 saturated carbocycles. The second-order valence-corrected chi connectivity index (χ2v) is 6.33. The number of thiazole rings is 1. The van der Waals surface area contributed by atoms with Crippen LogP contribution >= 0.6 is 11.3 Å². The van der Waals surface area contributed by atoms with Crippen LogP contribution in [-0.2, 0) is 16.0 Å². The van der Waals surface area contributed by atoms with Gasteiger partial charge in [-0.2, -0.15) is 0 Å². The molecule has 0 atom stereocenters. The smallest absolute Gasteiger partial charge is 0.354 e. The molecule has 0 aliphatic heterocycles. The third kappa shape index (κ3) is 4.15. The Labute approximate surface area is 153 Å². The summed E-state index contributed by atoms with van der Waals surface area (Å²) in [6, 6.07) is 8.02. The lowest BCUT2D eigenvalue weighted by molar-refractivity contribution is -0.116. The van der Waals surface area contributed by atoms with Gasteiger partial charge in [-0.1, -0.05) is 18.2 Å². The van der Waals surface area contributed by atoms with Crippen molar-refractivity contribution in [2.45, 2.75) is 12.8 Å². The van der Waals surface area contributed by atoms with E-state index in [2.05, 4.69) is 20.0 Å². The number of ether oxygens (including phenoxy) is 1. The Hall–Kier alpha value is -3.00. The molecule has 0 spiro atoms. The number of aromatic nitrogens is 2. The Morgan fingerprint density at radius 2 is 2.15 bits per heavy atom. The van der Waals surface area contributed by atoms with E-state index in [-0.39, 0.29) is 18.1 Å². The van der Waals surface area contributed by atoms with Crippen molar-refractivity contribution in [3.05, 3.63) is 59.0 Å². The van der Waals surface area contributed by atoms with Crippen LogP contribution in [0.15, 0.2) is 41.9 Å². The number of rotatable bonds is 6. The topological polar surface area (TPSA) is 84.1 Å². The molecule has 3 aromatic rings. The van der Waals surface area contributed by atoms with Crippen molar-refractivity contribution in [3.8, 4) is 11.3 Å². The molecule has 3 rings (SSSR count). The van der Waals surface area contributed by atoms with Crippen LogP contribution in [0, 0.1) is 5.82 Å². The number of H-pyrrole nitrogens is 1. The first-order chi connectivity index (χ1) is 12.6. The highest BCUT2D eigenvalue weighted by Crippen LogP contribution is 2.25. The fraction of sp³-hybridized carbons (Fsp3) is 0.167. The first kappa shape index (κ1) is 17.8. The molecular weight excluding hydrogens is 357 g/mol. The van der Waals surface area contributed by atoms with Gasteiger partial charge in [0.25, 0.3) is 0 Å². The number of amides is 1. The molecule has 6 nitrogen and oxygen atoms in total. The Kier molecular flexibility index (Phi) is 5.43. The minimum atomic E-state index is -0.465. The minimum Gasteiger partial charge on any atom is -0.464 e. The van der Waals surface area contributed by atoms with E-state index in [0.717, 1.165) is 0 Å². The number of hydrogen-bond acceptors (Lipinski definition) is 5. The van der Waals surface area contributed by atoms with Gasteiger partial charge in [0, 0.05) is 23.6 Å². The number of carbonyl (C=O) groups is 2. The zero-order valence-electron chi connectivity index (χ0n) is 13.9. The van der Waals surface area contributed by atoms with Crippen LogP contribution in [0.5, 0.6) is 0 Å².